The number of pyridine rings is 1. The summed E-state index contributed by atoms with van der Waals surface area (Å²) < 4.78 is 0.701. The minimum Gasteiger partial charge on any atom is -0.507 e. The number of aromatic nitrogens is 1. The lowest BCUT2D eigenvalue weighted by atomic mass is 10.0. The van der Waals surface area contributed by atoms with Gasteiger partial charge in [0.1, 0.15) is 22.8 Å². The number of nitrogens with zero attached hydrogens (tertiary/aromatic N) is 2. The highest BCUT2D eigenvalue weighted by Gasteiger charge is 2.22. The molecule has 0 atom stereocenters. The number of phenols is 1. The Bertz CT molecular complexity index is 797. The molecule has 0 aliphatic heterocycles. The van der Waals surface area contributed by atoms with Crippen LogP contribution in [0.5, 0.6) is 5.75 Å². The summed E-state index contributed by atoms with van der Waals surface area (Å²) in [6.07, 6.45) is 1.46. The van der Waals surface area contributed by atoms with Crippen molar-refractivity contribution >= 4 is 27.6 Å². The predicted molar refractivity (Wildman–Crippen MR) is 93.5 cm³/mol. The van der Waals surface area contributed by atoms with Gasteiger partial charge in [0.25, 0.3) is 0 Å². The lowest BCUT2D eigenvalue weighted by molar-refractivity contribution is 0.00111. The quantitative estimate of drug-likeness (QED) is 0.609. The molecule has 0 aliphatic carbocycles. The Morgan fingerprint density at radius 2 is 1.96 bits per heavy atom. The molecule has 6 nitrogen and oxygen atoms in total. The third-order valence-electron chi connectivity index (χ3n) is 2.89. The second-order valence-corrected chi connectivity index (χ2v) is 6.93. The van der Waals surface area contributed by atoms with Crippen LogP contribution in [0.4, 0.5) is 0 Å². The van der Waals surface area contributed by atoms with Crippen LogP contribution in [0, 0.1) is 0 Å². The van der Waals surface area contributed by atoms with E-state index in [1.54, 1.807) is 12.1 Å². The van der Waals surface area contributed by atoms with Gasteiger partial charge in [0.05, 0.1) is 5.56 Å². The van der Waals surface area contributed by atoms with Crippen LogP contribution in [0.25, 0.3) is 0 Å². The van der Waals surface area contributed by atoms with Crippen LogP contribution in [0.2, 0.25) is 0 Å². The minimum atomic E-state index is -1.14. The summed E-state index contributed by atoms with van der Waals surface area (Å²) in [4.78, 5) is 21.1. The molecule has 0 aliphatic rings. The summed E-state index contributed by atoms with van der Waals surface area (Å²) in [6.45, 7) is 5.43. The van der Waals surface area contributed by atoms with E-state index in [4.69, 9.17) is 4.84 Å². The third-order valence-corrected chi connectivity index (χ3v) is 3.38. The Morgan fingerprint density at radius 1 is 1.25 bits per heavy atom. The van der Waals surface area contributed by atoms with E-state index in [1.807, 2.05) is 20.8 Å². The maximum absolute atomic E-state index is 11.5. The van der Waals surface area contributed by atoms with Crippen LogP contribution in [-0.4, -0.2) is 32.5 Å². The van der Waals surface area contributed by atoms with E-state index >= 15 is 0 Å². The van der Waals surface area contributed by atoms with E-state index in [-0.39, 0.29) is 22.7 Å². The smallest absolute Gasteiger partial charge is 0.337 e. The molecule has 1 heterocycles. The number of halogens is 1. The van der Waals surface area contributed by atoms with E-state index in [0.29, 0.717) is 10.0 Å². The summed E-state index contributed by atoms with van der Waals surface area (Å²) in [5, 5.41) is 23.7. The highest BCUT2D eigenvalue weighted by molar-refractivity contribution is 9.10. The molecule has 2 aromatic rings. The van der Waals surface area contributed by atoms with Crippen molar-refractivity contribution in [3.8, 4) is 5.75 Å². The van der Waals surface area contributed by atoms with Crippen molar-refractivity contribution in [2.75, 3.05) is 0 Å². The monoisotopic (exact) mass is 392 g/mol. The number of hydrogen-bond donors (Lipinski definition) is 2. The van der Waals surface area contributed by atoms with E-state index in [0.717, 1.165) is 0 Å². The van der Waals surface area contributed by atoms with Crippen LogP contribution < -0.4 is 0 Å². The van der Waals surface area contributed by atoms with E-state index < -0.39 is 11.6 Å². The highest BCUT2D eigenvalue weighted by atomic mass is 79.9. The molecule has 1 aromatic heterocycles. The molecule has 1 aromatic carbocycles. The van der Waals surface area contributed by atoms with E-state index in [9.17, 15) is 15.0 Å². The number of carboxylic acid groups (broad SMARTS) is 1. The maximum atomic E-state index is 11.5. The van der Waals surface area contributed by atoms with Crippen molar-refractivity contribution in [3.63, 3.8) is 0 Å². The fourth-order valence-electron chi connectivity index (χ4n) is 1.87. The third kappa shape index (κ3) is 4.32. The maximum Gasteiger partial charge on any atom is 0.337 e. The minimum absolute atomic E-state index is 0.0341. The van der Waals surface area contributed by atoms with Crippen LogP contribution in [0.1, 0.15) is 42.4 Å². The molecule has 2 N–H and O–H groups in total. The van der Waals surface area contributed by atoms with E-state index in [1.165, 1.54) is 24.4 Å². The van der Waals surface area contributed by atoms with Crippen LogP contribution in [0.3, 0.4) is 0 Å². The fraction of sp³-hybridized carbons (Fsp3) is 0.235. The van der Waals surface area contributed by atoms with Gasteiger partial charge in [-0.2, -0.15) is 0 Å². The standard InChI is InChI=1S/C17H17BrN2O4/c1-17(2,3)24-20-15(12-9-10(18)6-7-13(12)21)14-11(16(22)23)5-4-8-19-14/h4-9,21H,1-3H3,(H,22,23)/b20-15-. The summed E-state index contributed by atoms with van der Waals surface area (Å²) in [5.41, 5.74) is -0.0576. The van der Waals surface area contributed by atoms with Gasteiger partial charge in [0.15, 0.2) is 0 Å². The van der Waals surface area contributed by atoms with Gasteiger partial charge >= 0.3 is 5.97 Å². The van der Waals surface area contributed by atoms with Crippen molar-refractivity contribution in [2.45, 2.75) is 26.4 Å². The fourth-order valence-corrected chi connectivity index (χ4v) is 2.23. The van der Waals surface area contributed by atoms with Gasteiger partial charge in [-0.25, -0.2) is 4.79 Å². The number of benzene rings is 1. The Morgan fingerprint density at radius 3 is 2.58 bits per heavy atom. The zero-order valence-electron chi connectivity index (χ0n) is 13.4. The normalized spacial score (nSPS) is 12.1. The molecular weight excluding hydrogens is 376 g/mol. The molecule has 126 valence electrons. The van der Waals surface area contributed by atoms with Crippen LogP contribution in [-0.2, 0) is 4.84 Å². The molecule has 0 fully saturated rings. The number of phenolic OH excluding ortho intramolecular Hbond substituents is 1. The van der Waals surface area contributed by atoms with Crippen molar-refractivity contribution in [2.24, 2.45) is 5.16 Å². The number of hydrogen-bond acceptors (Lipinski definition) is 5. The lowest BCUT2D eigenvalue weighted by Gasteiger charge is -2.18. The summed E-state index contributed by atoms with van der Waals surface area (Å²) in [6, 6.07) is 7.72. The number of carboxylic acids is 1. The first kappa shape index (κ1) is 17.9. The van der Waals surface area contributed by atoms with Gasteiger partial charge in [-0.15, -0.1) is 0 Å². The first-order valence-electron chi connectivity index (χ1n) is 7.13. The number of oxime groups is 1. The predicted octanol–water partition coefficient (Wildman–Crippen LogP) is 3.82. The molecule has 0 bridgehead atoms. The molecule has 0 unspecified atom stereocenters. The zero-order valence-corrected chi connectivity index (χ0v) is 15.0. The van der Waals surface area contributed by atoms with Crippen molar-refractivity contribution < 1.29 is 19.8 Å². The second-order valence-electron chi connectivity index (χ2n) is 6.01. The van der Waals surface area contributed by atoms with Gasteiger partial charge in [-0.05, 0) is 51.1 Å². The van der Waals surface area contributed by atoms with Crippen LogP contribution in [0.15, 0.2) is 46.2 Å². The van der Waals surface area contributed by atoms with Gasteiger partial charge in [0, 0.05) is 16.2 Å². The molecule has 0 spiro atoms. The number of carbonyl (C=O) groups is 1. The highest BCUT2D eigenvalue weighted by Crippen LogP contribution is 2.26. The lowest BCUT2D eigenvalue weighted by Crippen LogP contribution is -2.19. The Kier molecular flexibility index (Phi) is 5.23. The first-order chi connectivity index (χ1) is 11.2. The van der Waals surface area contributed by atoms with Crippen molar-refractivity contribution in [1.82, 2.24) is 4.98 Å². The van der Waals surface area contributed by atoms with Gasteiger partial charge in [-0.3, -0.25) is 4.98 Å². The van der Waals surface area contributed by atoms with Gasteiger partial charge < -0.3 is 15.1 Å². The van der Waals surface area contributed by atoms with Crippen LogP contribution >= 0.6 is 15.9 Å². The van der Waals surface area contributed by atoms with Crippen molar-refractivity contribution in [3.05, 3.63) is 57.8 Å². The summed E-state index contributed by atoms with van der Waals surface area (Å²) >= 11 is 3.33. The Labute approximate surface area is 147 Å². The number of aromatic carboxylic acids is 1. The SMILES string of the molecule is CC(C)(C)O/N=C(/c1cc(Br)ccc1O)c1ncccc1C(=O)O. The van der Waals surface area contributed by atoms with Gasteiger partial charge in [-0.1, -0.05) is 21.1 Å². The topological polar surface area (TPSA) is 92.0 Å². The Balaban J connectivity index is 2.69. The largest absolute Gasteiger partial charge is 0.507 e. The molecule has 2 rings (SSSR count). The zero-order chi connectivity index (χ0) is 17.9. The molecule has 0 saturated heterocycles. The first-order valence-corrected chi connectivity index (χ1v) is 7.92. The summed E-state index contributed by atoms with van der Waals surface area (Å²) in [5.74, 6) is -1.20. The average molecular weight is 393 g/mol. The summed E-state index contributed by atoms with van der Waals surface area (Å²) in [7, 11) is 0. The van der Waals surface area contributed by atoms with E-state index in [2.05, 4.69) is 26.1 Å². The molecule has 0 saturated carbocycles. The second kappa shape index (κ2) is 7.00. The van der Waals surface area contributed by atoms with Crippen molar-refractivity contribution in [1.29, 1.82) is 0 Å². The number of rotatable bonds is 4. The number of aromatic hydroxyl groups is 1. The Hall–Kier alpha value is -2.41. The molecule has 0 radical (unpaired) electrons. The molecular formula is C17H17BrN2O4. The van der Waals surface area contributed by atoms with Gasteiger partial charge in [0.2, 0.25) is 0 Å². The molecule has 7 heteroatoms. The molecule has 24 heavy (non-hydrogen) atoms. The molecule has 0 amide bonds. The average Bonchev–Trinajstić information content (AvgIpc) is 2.50.